The number of carbonyl (C=O) groups excluding carboxylic acids is 1. The number of methoxy groups -OCH3 is 1. The van der Waals surface area contributed by atoms with E-state index in [0.29, 0.717) is 18.7 Å². The summed E-state index contributed by atoms with van der Waals surface area (Å²) in [6.45, 7) is 1.99. The molecule has 0 radical (unpaired) electrons. The number of amides is 1. The van der Waals surface area contributed by atoms with E-state index in [1.807, 2.05) is 4.90 Å². The lowest BCUT2D eigenvalue weighted by atomic mass is 10.1. The van der Waals surface area contributed by atoms with E-state index in [2.05, 4.69) is 0 Å². The van der Waals surface area contributed by atoms with Crippen LogP contribution in [0, 0.1) is 5.82 Å². The van der Waals surface area contributed by atoms with Crippen molar-refractivity contribution >= 4 is 5.91 Å². The largest absolute Gasteiger partial charge is 0.494 e. The number of benzene rings is 1. The van der Waals surface area contributed by atoms with Crippen LogP contribution in [0.15, 0.2) is 18.2 Å². The third-order valence-corrected chi connectivity index (χ3v) is 3.90. The van der Waals surface area contributed by atoms with Crippen molar-refractivity contribution in [3.63, 3.8) is 0 Å². The lowest BCUT2D eigenvalue weighted by molar-refractivity contribution is -0.132. The number of halogens is 1. The quantitative estimate of drug-likeness (QED) is 0.889. The smallest absolute Gasteiger partial charge is 0.236 e. The number of ether oxygens (including phenoxy) is 1. The molecule has 1 aliphatic heterocycles. The summed E-state index contributed by atoms with van der Waals surface area (Å²) in [4.78, 5) is 15.7. The molecule has 122 valence electrons. The number of aliphatic hydroxyl groups is 1. The summed E-state index contributed by atoms with van der Waals surface area (Å²) in [5, 5.41) is 9.63. The number of carbonyl (C=O) groups is 1. The molecule has 1 atom stereocenters. The summed E-state index contributed by atoms with van der Waals surface area (Å²) in [7, 11) is 3.12. The summed E-state index contributed by atoms with van der Waals surface area (Å²) in [6, 6.07) is 4.69. The molecule has 0 spiro atoms. The predicted molar refractivity (Wildman–Crippen MR) is 81.1 cm³/mol. The van der Waals surface area contributed by atoms with E-state index in [1.54, 1.807) is 24.1 Å². The Morgan fingerprint density at radius 3 is 2.95 bits per heavy atom. The van der Waals surface area contributed by atoms with Crippen molar-refractivity contribution in [3.8, 4) is 5.75 Å². The Balaban J connectivity index is 1.89. The third-order valence-electron chi connectivity index (χ3n) is 3.90. The number of piperidine rings is 1. The molecule has 0 saturated carbocycles. The molecule has 0 bridgehead atoms. The van der Waals surface area contributed by atoms with E-state index in [0.717, 1.165) is 19.4 Å². The zero-order chi connectivity index (χ0) is 16.1. The van der Waals surface area contributed by atoms with Gasteiger partial charge in [0.2, 0.25) is 5.91 Å². The molecular weight excluding hydrogens is 287 g/mol. The number of hydrogen-bond donors (Lipinski definition) is 1. The Morgan fingerprint density at radius 1 is 1.55 bits per heavy atom. The average Bonchev–Trinajstić information content (AvgIpc) is 2.47. The fraction of sp³-hybridized carbons (Fsp3) is 0.562. The van der Waals surface area contributed by atoms with E-state index >= 15 is 0 Å². The van der Waals surface area contributed by atoms with Crippen molar-refractivity contribution in [2.75, 3.05) is 33.8 Å². The van der Waals surface area contributed by atoms with Crippen molar-refractivity contribution in [1.29, 1.82) is 0 Å². The lowest BCUT2D eigenvalue weighted by Crippen LogP contribution is -2.44. The fourth-order valence-corrected chi connectivity index (χ4v) is 2.66. The number of nitrogens with zero attached hydrogens (tertiary/aromatic N) is 2. The molecule has 5 nitrogen and oxygen atoms in total. The first-order valence-corrected chi connectivity index (χ1v) is 7.46. The minimum atomic E-state index is -0.431. The zero-order valence-electron chi connectivity index (χ0n) is 13.1. The molecule has 1 heterocycles. The van der Waals surface area contributed by atoms with Gasteiger partial charge in [-0.05, 0) is 37.1 Å². The molecule has 1 amide bonds. The van der Waals surface area contributed by atoms with Crippen molar-refractivity contribution in [2.24, 2.45) is 0 Å². The van der Waals surface area contributed by atoms with Crippen molar-refractivity contribution < 1.29 is 19.0 Å². The second-order valence-corrected chi connectivity index (χ2v) is 5.75. The topological polar surface area (TPSA) is 53.0 Å². The number of β-amino-alcohol motifs (C(OH)–C–C–N with tert-alkyl or cyclic N) is 1. The van der Waals surface area contributed by atoms with Crippen LogP contribution in [0.2, 0.25) is 0 Å². The van der Waals surface area contributed by atoms with E-state index in [1.165, 1.54) is 13.2 Å². The molecule has 2 rings (SSSR count). The van der Waals surface area contributed by atoms with E-state index in [-0.39, 0.29) is 24.3 Å². The minimum Gasteiger partial charge on any atom is -0.494 e. The highest BCUT2D eigenvalue weighted by Crippen LogP contribution is 2.18. The van der Waals surface area contributed by atoms with Gasteiger partial charge in [-0.3, -0.25) is 9.69 Å². The van der Waals surface area contributed by atoms with Crippen LogP contribution in [0.1, 0.15) is 18.4 Å². The first kappa shape index (κ1) is 16.7. The van der Waals surface area contributed by atoms with Crippen LogP contribution in [0.25, 0.3) is 0 Å². The Hall–Kier alpha value is -1.66. The zero-order valence-corrected chi connectivity index (χ0v) is 13.1. The average molecular weight is 310 g/mol. The Labute approximate surface area is 130 Å². The SMILES string of the molecule is COc1ccc(CN(C)C(=O)CN2CCC[C@@H](O)C2)cc1F. The van der Waals surface area contributed by atoms with E-state index < -0.39 is 5.82 Å². The number of aliphatic hydroxyl groups excluding tert-OH is 1. The van der Waals surface area contributed by atoms with Gasteiger partial charge in [0.15, 0.2) is 11.6 Å². The predicted octanol–water partition coefficient (Wildman–Crippen LogP) is 1.25. The van der Waals surface area contributed by atoms with Crippen LogP contribution in [0.3, 0.4) is 0 Å². The molecular formula is C16H23FN2O3. The Kier molecular flexibility index (Phi) is 5.74. The maximum Gasteiger partial charge on any atom is 0.236 e. The third kappa shape index (κ3) is 4.42. The first-order chi connectivity index (χ1) is 10.5. The first-order valence-electron chi connectivity index (χ1n) is 7.46. The second-order valence-electron chi connectivity index (χ2n) is 5.75. The highest BCUT2D eigenvalue weighted by molar-refractivity contribution is 5.78. The molecule has 0 unspecified atom stereocenters. The maximum atomic E-state index is 13.7. The molecule has 1 N–H and O–H groups in total. The summed E-state index contributed by atoms with van der Waals surface area (Å²) in [5.41, 5.74) is 0.716. The molecule has 6 heteroatoms. The summed E-state index contributed by atoms with van der Waals surface area (Å²) in [5.74, 6) is -0.273. The number of likely N-dealkylation sites (N-methyl/N-ethyl adjacent to an activating group) is 1. The maximum absolute atomic E-state index is 13.7. The van der Waals surface area contributed by atoms with Crippen LogP contribution >= 0.6 is 0 Å². The standard InChI is InChI=1S/C16H23FN2O3/c1-18(9-12-5-6-15(22-2)14(17)8-12)16(21)11-19-7-3-4-13(20)10-19/h5-6,8,13,20H,3-4,7,9-11H2,1-2H3/t13-/m1/s1. The van der Waals surface area contributed by atoms with Crippen molar-refractivity contribution in [1.82, 2.24) is 9.80 Å². The van der Waals surface area contributed by atoms with Crippen molar-refractivity contribution in [3.05, 3.63) is 29.6 Å². The number of rotatable bonds is 5. The molecule has 1 aromatic carbocycles. The molecule has 1 aliphatic rings. The molecule has 1 saturated heterocycles. The van der Waals surface area contributed by atoms with Gasteiger partial charge in [0.05, 0.1) is 19.8 Å². The fourth-order valence-electron chi connectivity index (χ4n) is 2.66. The number of likely N-dealkylation sites (tertiary alicyclic amines) is 1. The van der Waals surface area contributed by atoms with Gasteiger partial charge in [-0.25, -0.2) is 4.39 Å². The molecule has 22 heavy (non-hydrogen) atoms. The highest BCUT2D eigenvalue weighted by atomic mass is 19.1. The lowest BCUT2D eigenvalue weighted by Gasteiger charge is -2.30. The van der Waals surface area contributed by atoms with Crippen LogP contribution in [0.5, 0.6) is 5.75 Å². The van der Waals surface area contributed by atoms with Crippen LogP contribution in [0.4, 0.5) is 4.39 Å². The van der Waals surface area contributed by atoms with Crippen LogP contribution in [-0.2, 0) is 11.3 Å². The van der Waals surface area contributed by atoms with Gasteiger partial charge in [0.25, 0.3) is 0 Å². The highest BCUT2D eigenvalue weighted by Gasteiger charge is 2.21. The molecule has 0 aromatic heterocycles. The van der Waals surface area contributed by atoms with Crippen LogP contribution in [-0.4, -0.2) is 60.7 Å². The van der Waals surface area contributed by atoms with Gasteiger partial charge < -0.3 is 14.7 Å². The van der Waals surface area contributed by atoms with Gasteiger partial charge in [-0.15, -0.1) is 0 Å². The van der Waals surface area contributed by atoms with Gasteiger partial charge in [0, 0.05) is 20.1 Å². The molecule has 1 aromatic rings. The Morgan fingerprint density at radius 2 is 2.32 bits per heavy atom. The molecule has 1 fully saturated rings. The summed E-state index contributed by atoms with van der Waals surface area (Å²) < 4.78 is 18.5. The van der Waals surface area contributed by atoms with Gasteiger partial charge in [-0.1, -0.05) is 6.07 Å². The normalized spacial score (nSPS) is 19.0. The molecule has 0 aliphatic carbocycles. The van der Waals surface area contributed by atoms with Gasteiger partial charge in [-0.2, -0.15) is 0 Å². The summed E-state index contributed by atoms with van der Waals surface area (Å²) in [6.07, 6.45) is 1.36. The Bertz CT molecular complexity index is 524. The second kappa shape index (κ2) is 7.56. The van der Waals surface area contributed by atoms with Crippen molar-refractivity contribution in [2.45, 2.75) is 25.5 Å². The van der Waals surface area contributed by atoms with E-state index in [9.17, 15) is 14.3 Å². The van der Waals surface area contributed by atoms with E-state index in [4.69, 9.17) is 4.74 Å². The monoisotopic (exact) mass is 310 g/mol. The number of hydrogen-bond acceptors (Lipinski definition) is 4. The van der Waals surface area contributed by atoms with Crippen LogP contribution < -0.4 is 4.74 Å². The summed E-state index contributed by atoms with van der Waals surface area (Å²) >= 11 is 0. The minimum absolute atomic E-state index is 0.0367. The van der Waals surface area contributed by atoms with Gasteiger partial charge in [0.1, 0.15) is 0 Å². The van der Waals surface area contributed by atoms with Gasteiger partial charge >= 0.3 is 0 Å².